The first-order chi connectivity index (χ1) is 11.2. The summed E-state index contributed by atoms with van der Waals surface area (Å²) in [7, 11) is 0. The molecule has 1 aliphatic rings. The van der Waals surface area contributed by atoms with Crippen LogP contribution >= 0.6 is 24.8 Å². The van der Waals surface area contributed by atoms with Gasteiger partial charge in [0.05, 0.1) is 0 Å². The molecular weight excluding hydrogens is 361 g/mol. The molecule has 0 radical (unpaired) electrons. The van der Waals surface area contributed by atoms with Gasteiger partial charge in [-0.25, -0.2) is 0 Å². The number of nitrogens with zero attached hydrogens (tertiary/aromatic N) is 1. The smallest absolute Gasteiger partial charge is 0.227 e. The number of benzene rings is 1. The lowest BCUT2D eigenvalue weighted by Gasteiger charge is -2.27. The van der Waals surface area contributed by atoms with Crippen molar-refractivity contribution < 1.29 is 9.53 Å². The quantitative estimate of drug-likeness (QED) is 0.835. The lowest BCUT2D eigenvalue weighted by atomic mass is 9.92. The molecular formula is C18H23Cl2N3O2. The Morgan fingerprint density at radius 2 is 1.96 bits per heavy atom. The first kappa shape index (κ1) is 21.2. The fourth-order valence-corrected chi connectivity index (χ4v) is 2.79. The molecule has 1 saturated heterocycles. The van der Waals surface area contributed by atoms with Gasteiger partial charge >= 0.3 is 0 Å². The van der Waals surface area contributed by atoms with Gasteiger partial charge < -0.3 is 15.4 Å². The second kappa shape index (κ2) is 10.2. The fraction of sp³-hybridized carbons (Fsp3) is 0.333. The van der Waals surface area contributed by atoms with Gasteiger partial charge in [-0.1, -0.05) is 6.07 Å². The number of anilines is 1. The minimum Gasteiger partial charge on any atom is -0.457 e. The number of aromatic nitrogens is 1. The van der Waals surface area contributed by atoms with Crippen LogP contribution in [-0.2, 0) is 4.79 Å². The molecule has 3 rings (SSSR count). The van der Waals surface area contributed by atoms with Gasteiger partial charge in [-0.3, -0.25) is 9.78 Å². The van der Waals surface area contributed by atoms with E-state index >= 15 is 0 Å². The van der Waals surface area contributed by atoms with Crippen molar-refractivity contribution in [2.75, 3.05) is 11.9 Å². The minimum absolute atomic E-state index is 0. The monoisotopic (exact) mass is 383 g/mol. The summed E-state index contributed by atoms with van der Waals surface area (Å²) in [4.78, 5) is 16.4. The normalized spacial score (nSPS) is 19.1. The third-order valence-electron chi connectivity index (χ3n) is 3.98. The number of hydrogen-bond acceptors (Lipinski definition) is 4. The molecule has 0 aliphatic carbocycles. The summed E-state index contributed by atoms with van der Waals surface area (Å²) in [5.41, 5.74) is 0.757. The topological polar surface area (TPSA) is 63.2 Å². The third kappa shape index (κ3) is 6.20. The third-order valence-corrected chi connectivity index (χ3v) is 3.98. The maximum atomic E-state index is 12.4. The van der Waals surface area contributed by atoms with E-state index in [0.717, 1.165) is 30.8 Å². The van der Waals surface area contributed by atoms with Gasteiger partial charge in [0.15, 0.2) is 0 Å². The maximum Gasteiger partial charge on any atom is 0.227 e. The molecule has 136 valence electrons. The number of carbonyl (C=O) groups is 1. The van der Waals surface area contributed by atoms with E-state index in [1.165, 1.54) is 0 Å². The summed E-state index contributed by atoms with van der Waals surface area (Å²) in [6.07, 6.45) is 5.11. The highest BCUT2D eigenvalue weighted by Gasteiger charge is 2.24. The lowest BCUT2D eigenvalue weighted by Crippen LogP contribution is -2.40. The zero-order chi connectivity index (χ0) is 16.1. The van der Waals surface area contributed by atoms with Gasteiger partial charge in [-0.05, 0) is 50.6 Å². The fourth-order valence-electron chi connectivity index (χ4n) is 2.79. The summed E-state index contributed by atoms with van der Waals surface area (Å²) in [6.45, 7) is 3.01. The van der Waals surface area contributed by atoms with Crippen molar-refractivity contribution in [3.63, 3.8) is 0 Å². The lowest BCUT2D eigenvalue weighted by molar-refractivity contribution is -0.120. The predicted octanol–water partition coefficient (Wildman–Crippen LogP) is 4.04. The number of halogens is 2. The average molecular weight is 384 g/mol. The molecule has 2 heterocycles. The highest BCUT2D eigenvalue weighted by Crippen LogP contribution is 2.25. The van der Waals surface area contributed by atoms with E-state index in [4.69, 9.17) is 4.74 Å². The highest BCUT2D eigenvalue weighted by molar-refractivity contribution is 5.92. The van der Waals surface area contributed by atoms with Gasteiger partial charge in [0.25, 0.3) is 0 Å². The highest BCUT2D eigenvalue weighted by atomic mass is 35.5. The van der Waals surface area contributed by atoms with E-state index in [0.29, 0.717) is 11.8 Å². The van der Waals surface area contributed by atoms with Crippen molar-refractivity contribution in [2.45, 2.75) is 25.8 Å². The van der Waals surface area contributed by atoms with Crippen LogP contribution in [0.2, 0.25) is 0 Å². The Labute approximate surface area is 160 Å². The van der Waals surface area contributed by atoms with Gasteiger partial charge in [-0.15, -0.1) is 24.8 Å². The summed E-state index contributed by atoms with van der Waals surface area (Å²) >= 11 is 0. The van der Waals surface area contributed by atoms with Crippen LogP contribution in [0.15, 0.2) is 48.8 Å². The summed E-state index contributed by atoms with van der Waals surface area (Å²) in [5.74, 6) is 1.55. The summed E-state index contributed by atoms with van der Waals surface area (Å²) in [5, 5.41) is 6.36. The molecule has 1 aliphatic heterocycles. The second-order valence-electron chi connectivity index (χ2n) is 5.88. The Morgan fingerprint density at radius 3 is 2.68 bits per heavy atom. The molecule has 1 amide bonds. The van der Waals surface area contributed by atoms with Gasteiger partial charge in [0.2, 0.25) is 5.91 Å². The molecule has 1 fully saturated rings. The number of ether oxygens (including phenoxy) is 1. The molecule has 0 saturated carbocycles. The van der Waals surface area contributed by atoms with Crippen LogP contribution in [0, 0.1) is 5.92 Å². The van der Waals surface area contributed by atoms with Crippen LogP contribution in [0.4, 0.5) is 5.69 Å². The van der Waals surface area contributed by atoms with Gasteiger partial charge in [0.1, 0.15) is 11.5 Å². The Kier molecular flexibility index (Phi) is 8.69. The van der Waals surface area contributed by atoms with Crippen molar-refractivity contribution in [1.82, 2.24) is 10.3 Å². The number of rotatable bonds is 4. The number of carbonyl (C=O) groups excluding carboxylic acids is 1. The summed E-state index contributed by atoms with van der Waals surface area (Å²) in [6, 6.07) is 11.4. The molecule has 5 nitrogen and oxygen atoms in total. The van der Waals surface area contributed by atoms with Crippen molar-refractivity contribution >= 4 is 36.4 Å². The molecule has 2 aromatic rings. The van der Waals surface area contributed by atoms with Crippen molar-refractivity contribution in [3.8, 4) is 11.5 Å². The van der Waals surface area contributed by atoms with Crippen LogP contribution in [0.3, 0.4) is 0 Å². The largest absolute Gasteiger partial charge is 0.457 e. The van der Waals surface area contributed by atoms with Crippen LogP contribution in [0.25, 0.3) is 0 Å². The molecule has 7 heteroatoms. The van der Waals surface area contributed by atoms with Crippen LogP contribution < -0.4 is 15.4 Å². The molecule has 0 unspecified atom stereocenters. The molecule has 25 heavy (non-hydrogen) atoms. The van der Waals surface area contributed by atoms with E-state index in [-0.39, 0.29) is 36.6 Å². The van der Waals surface area contributed by atoms with E-state index in [1.807, 2.05) is 24.3 Å². The molecule has 1 aromatic heterocycles. The number of piperidine rings is 1. The molecule has 1 aromatic carbocycles. The van der Waals surface area contributed by atoms with Crippen molar-refractivity contribution in [2.24, 2.45) is 5.92 Å². The Balaban J connectivity index is 0.00000156. The van der Waals surface area contributed by atoms with Crippen LogP contribution in [0.5, 0.6) is 11.5 Å². The first-order valence-electron chi connectivity index (χ1n) is 7.93. The Hall–Kier alpha value is -1.82. The van der Waals surface area contributed by atoms with Crippen LogP contribution in [0.1, 0.15) is 19.8 Å². The van der Waals surface area contributed by atoms with Gasteiger partial charge in [-0.2, -0.15) is 0 Å². The predicted molar refractivity (Wildman–Crippen MR) is 104 cm³/mol. The first-order valence-corrected chi connectivity index (χ1v) is 7.93. The molecule has 0 bridgehead atoms. The number of pyridine rings is 1. The molecule has 2 N–H and O–H groups in total. The SMILES string of the molecule is C[C@H]1C[C@@H](C(=O)Nc2cccc(Oc3ccncc3)c2)CCN1.Cl.Cl. The van der Waals surface area contributed by atoms with E-state index < -0.39 is 0 Å². The van der Waals surface area contributed by atoms with E-state index in [9.17, 15) is 4.79 Å². The number of nitrogens with one attached hydrogen (secondary N) is 2. The summed E-state index contributed by atoms with van der Waals surface area (Å²) < 4.78 is 5.76. The standard InChI is InChI=1S/C18H21N3O2.2ClH/c1-13-11-14(5-10-20-13)18(22)21-15-3-2-4-17(12-15)23-16-6-8-19-9-7-16;;/h2-4,6-9,12-14,20H,5,10-11H2,1H3,(H,21,22);2*1H/t13-,14-;;/m0../s1. The van der Waals surface area contributed by atoms with Crippen molar-refractivity contribution in [1.29, 1.82) is 0 Å². The van der Waals surface area contributed by atoms with Crippen molar-refractivity contribution in [3.05, 3.63) is 48.8 Å². The minimum atomic E-state index is 0. The van der Waals surface area contributed by atoms with E-state index in [1.54, 1.807) is 24.5 Å². The maximum absolute atomic E-state index is 12.4. The number of hydrogen-bond donors (Lipinski definition) is 2. The Bertz CT molecular complexity index is 670. The van der Waals surface area contributed by atoms with E-state index in [2.05, 4.69) is 22.5 Å². The molecule has 2 atom stereocenters. The number of amides is 1. The molecule has 0 spiro atoms. The zero-order valence-corrected chi connectivity index (χ0v) is 15.6. The van der Waals surface area contributed by atoms with Gasteiger partial charge in [0, 0.05) is 36.1 Å². The second-order valence-corrected chi connectivity index (χ2v) is 5.88. The zero-order valence-electron chi connectivity index (χ0n) is 14.0. The Morgan fingerprint density at radius 1 is 1.20 bits per heavy atom. The average Bonchev–Trinajstić information content (AvgIpc) is 2.56. The van der Waals surface area contributed by atoms with Crippen LogP contribution in [-0.4, -0.2) is 23.5 Å².